The number of anilines is 1. The van der Waals surface area contributed by atoms with Crippen LogP contribution in [-0.4, -0.2) is 78.9 Å². The van der Waals surface area contributed by atoms with Gasteiger partial charge in [0, 0.05) is 37.4 Å². The van der Waals surface area contributed by atoms with Crippen LogP contribution in [0.15, 0.2) is 24.3 Å². The molecular weight excluding hydrogens is 424 g/mol. The minimum Gasteiger partial charge on any atom is -0.466 e. The zero-order valence-corrected chi connectivity index (χ0v) is 19.3. The van der Waals surface area contributed by atoms with Gasteiger partial charge >= 0.3 is 5.97 Å². The van der Waals surface area contributed by atoms with Gasteiger partial charge in [0.25, 0.3) is 5.91 Å². The highest BCUT2D eigenvalue weighted by Gasteiger charge is 2.33. The predicted octanol–water partition coefficient (Wildman–Crippen LogP) is 1.79. The van der Waals surface area contributed by atoms with E-state index in [0.29, 0.717) is 30.9 Å². The van der Waals surface area contributed by atoms with Crippen molar-refractivity contribution in [2.75, 3.05) is 44.6 Å². The zero-order valence-electron chi connectivity index (χ0n) is 19.3. The topological polar surface area (TPSA) is 108 Å². The Labute approximate surface area is 194 Å². The average molecular weight is 459 g/mol. The molecular formula is C24H34N4O5. The van der Waals surface area contributed by atoms with E-state index < -0.39 is 12.0 Å². The molecule has 1 aromatic carbocycles. The number of esters is 1. The molecule has 0 aliphatic carbocycles. The third-order valence-corrected chi connectivity index (χ3v) is 5.95. The third-order valence-electron chi connectivity index (χ3n) is 5.95. The second-order valence-corrected chi connectivity index (χ2v) is 8.54. The lowest BCUT2D eigenvalue weighted by molar-refractivity contribution is -0.149. The molecule has 9 heteroatoms. The number of carbonyl (C=O) groups excluding carboxylic acids is 4. The summed E-state index contributed by atoms with van der Waals surface area (Å²) in [7, 11) is 0. The number of unbranched alkanes of at least 4 members (excludes halogenated alkanes) is 1. The maximum atomic E-state index is 12.7. The van der Waals surface area contributed by atoms with Crippen molar-refractivity contribution in [3.8, 4) is 0 Å². The van der Waals surface area contributed by atoms with Gasteiger partial charge in [0.1, 0.15) is 6.04 Å². The maximum absolute atomic E-state index is 12.7. The predicted molar refractivity (Wildman–Crippen MR) is 124 cm³/mol. The van der Waals surface area contributed by atoms with Crippen LogP contribution in [0, 0.1) is 0 Å². The van der Waals surface area contributed by atoms with Gasteiger partial charge in [-0.3, -0.25) is 24.1 Å². The SMILES string of the molecule is CCCCOC(=O)CC1C(=O)NCCN1CC(=O)Nc1cccc(C(=O)N2CCCCC2)c1. The largest absolute Gasteiger partial charge is 0.466 e. The van der Waals surface area contributed by atoms with Crippen molar-refractivity contribution in [3.63, 3.8) is 0 Å². The van der Waals surface area contributed by atoms with Crippen LogP contribution in [0.3, 0.4) is 0 Å². The fourth-order valence-corrected chi connectivity index (χ4v) is 4.11. The second kappa shape index (κ2) is 12.3. The zero-order chi connectivity index (χ0) is 23.6. The summed E-state index contributed by atoms with van der Waals surface area (Å²) >= 11 is 0. The third kappa shape index (κ3) is 7.28. The van der Waals surface area contributed by atoms with E-state index in [2.05, 4.69) is 10.6 Å². The summed E-state index contributed by atoms with van der Waals surface area (Å²) in [4.78, 5) is 53.5. The van der Waals surface area contributed by atoms with Crippen molar-refractivity contribution in [2.45, 2.75) is 51.5 Å². The van der Waals surface area contributed by atoms with E-state index in [-0.39, 0.29) is 30.7 Å². The summed E-state index contributed by atoms with van der Waals surface area (Å²) in [5, 5.41) is 5.57. The molecule has 3 amide bonds. The van der Waals surface area contributed by atoms with E-state index in [0.717, 1.165) is 45.2 Å². The molecule has 1 atom stereocenters. The summed E-state index contributed by atoms with van der Waals surface area (Å²) in [5.74, 6) is -1.06. The first-order valence-corrected chi connectivity index (χ1v) is 11.8. The van der Waals surface area contributed by atoms with Gasteiger partial charge in [0.15, 0.2) is 0 Å². The van der Waals surface area contributed by atoms with Gasteiger partial charge in [-0.15, -0.1) is 0 Å². The molecule has 0 aromatic heterocycles. The molecule has 2 N–H and O–H groups in total. The van der Waals surface area contributed by atoms with E-state index in [9.17, 15) is 19.2 Å². The van der Waals surface area contributed by atoms with Crippen molar-refractivity contribution in [1.29, 1.82) is 0 Å². The lowest BCUT2D eigenvalue weighted by Gasteiger charge is -2.33. The molecule has 2 aliphatic heterocycles. The molecule has 0 radical (unpaired) electrons. The minimum atomic E-state index is -0.745. The second-order valence-electron chi connectivity index (χ2n) is 8.54. The Morgan fingerprint density at radius 3 is 2.70 bits per heavy atom. The van der Waals surface area contributed by atoms with E-state index in [1.165, 1.54) is 0 Å². The molecule has 0 bridgehead atoms. The molecule has 9 nitrogen and oxygen atoms in total. The van der Waals surface area contributed by atoms with Gasteiger partial charge in [0.2, 0.25) is 11.8 Å². The normalized spacial score (nSPS) is 19.0. The molecule has 2 heterocycles. The smallest absolute Gasteiger partial charge is 0.307 e. The lowest BCUT2D eigenvalue weighted by atomic mass is 10.1. The first-order valence-electron chi connectivity index (χ1n) is 11.8. The number of nitrogens with zero attached hydrogens (tertiary/aromatic N) is 2. The van der Waals surface area contributed by atoms with Gasteiger partial charge in [0.05, 0.1) is 19.6 Å². The van der Waals surface area contributed by atoms with Gasteiger partial charge < -0.3 is 20.3 Å². The molecule has 0 saturated carbocycles. The molecule has 2 saturated heterocycles. The number of amides is 3. The molecule has 1 aromatic rings. The van der Waals surface area contributed by atoms with E-state index >= 15 is 0 Å². The number of likely N-dealkylation sites (tertiary alicyclic amines) is 1. The van der Waals surface area contributed by atoms with E-state index in [4.69, 9.17) is 4.74 Å². The molecule has 2 aliphatic rings. The van der Waals surface area contributed by atoms with Gasteiger partial charge in [-0.05, 0) is 43.9 Å². The van der Waals surface area contributed by atoms with Crippen LogP contribution in [0.2, 0.25) is 0 Å². The number of rotatable bonds is 9. The van der Waals surface area contributed by atoms with Gasteiger partial charge in [-0.25, -0.2) is 0 Å². The number of piperazine rings is 1. The Hall–Kier alpha value is -2.94. The number of hydrogen-bond donors (Lipinski definition) is 2. The quantitative estimate of drug-likeness (QED) is 0.431. The van der Waals surface area contributed by atoms with Crippen molar-refractivity contribution in [2.24, 2.45) is 0 Å². The number of benzene rings is 1. The Morgan fingerprint density at radius 1 is 1.15 bits per heavy atom. The lowest BCUT2D eigenvalue weighted by Crippen LogP contribution is -2.57. The fraction of sp³-hybridized carbons (Fsp3) is 0.583. The first kappa shape index (κ1) is 24.7. The first-order chi connectivity index (χ1) is 16.0. The highest BCUT2D eigenvalue weighted by atomic mass is 16.5. The number of ether oxygens (including phenoxy) is 1. The summed E-state index contributed by atoms with van der Waals surface area (Å²) in [6.45, 7) is 4.68. The Kier molecular flexibility index (Phi) is 9.24. The Morgan fingerprint density at radius 2 is 1.94 bits per heavy atom. The molecule has 0 spiro atoms. The van der Waals surface area contributed by atoms with Crippen molar-refractivity contribution < 1.29 is 23.9 Å². The van der Waals surface area contributed by atoms with Gasteiger partial charge in [-0.1, -0.05) is 19.4 Å². The standard InChI is InChI=1S/C24H34N4O5/c1-2-3-14-33-22(30)16-20-23(31)25-10-13-28(20)17-21(29)26-19-9-7-8-18(15-19)24(32)27-11-5-4-6-12-27/h7-9,15,20H,2-6,10-14,16-17H2,1H3,(H,25,31)(H,26,29). The van der Waals surface area contributed by atoms with Crippen LogP contribution < -0.4 is 10.6 Å². The van der Waals surface area contributed by atoms with Crippen LogP contribution in [-0.2, 0) is 19.1 Å². The van der Waals surface area contributed by atoms with Crippen LogP contribution >= 0.6 is 0 Å². The van der Waals surface area contributed by atoms with Crippen molar-refractivity contribution in [1.82, 2.24) is 15.1 Å². The number of piperidine rings is 1. The fourth-order valence-electron chi connectivity index (χ4n) is 4.11. The minimum absolute atomic E-state index is 0.0276. The van der Waals surface area contributed by atoms with E-state index in [1.807, 2.05) is 11.8 Å². The van der Waals surface area contributed by atoms with Crippen LogP contribution in [0.1, 0.15) is 55.8 Å². The molecule has 2 fully saturated rings. The number of carbonyl (C=O) groups is 4. The Balaban J connectivity index is 1.57. The van der Waals surface area contributed by atoms with Crippen LogP contribution in [0.4, 0.5) is 5.69 Å². The maximum Gasteiger partial charge on any atom is 0.307 e. The number of hydrogen-bond acceptors (Lipinski definition) is 6. The molecule has 33 heavy (non-hydrogen) atoms. The highest BCUT2D eigenvalue weighted by molar-refractivity contribution is 5.98. The summed E-state index contributed by atoms with van der Waals surface area (Å²) in [6.07, 6.45) is 4.76. The van der Waals surface area contributed by atoms with Crippen molar-refractivity contribution in [3.05, 3.63) is 29.8 Å². The molecule has 1 unspecified atom stereocenters. The molecule has 180 valence electrons. The Bertz CT molecular complexity index is 853. The van der Waals surface area contributed by atoms with Crippen LogP contribution in [0.5, 0.6) is 0 Å². The van der Waals surface area contributed by atoms with Gasteiger partial charge in [-0.2, -0.15) is 0 Å². The highest BCUT2D eigenvalue weighted by Crippen LogP contribution is 2.17. The monoisotopic (exact) mass is 458 g/mol. The summed E-state index contributed by atoms with van der Waals surface area (Å²) in [5.41, 5.74) is 1.07. The number of nitrogens with one attached hydrogen (secondary N) is 2. The van der Waals surface area contributed by atoms with Crippen LogP contribution in [0.25, 0.3) is 0 Å². The molecule has 3 rings (SSSR count). The average Bonchev–Trinajstić information content (AvgIpc) is 2.81. The van der Waals surface area contributed by atoms with Crippen molar-refractivity contribution >= 4 is 29.4 Å². The summed E-state index contributed by atoms with van der Waals surface area (Å²) in [6, 6.07) is 6.17. The summed E-state index contributed by atoms with van der Waals surface area (Å²) < 4.78 is 5.19. The van der Waals surface area contributed by atoms with E-state index in [1.54, 1.807) is 29.2 Å².